The summed E-state index contributed by atoms with van der Waals surface area (Å²) in [6.07, 6.45) is 2.10. The number of aryl methyl sites for hydroxylation is 1. The van der Waals surface area contributed by atoms with Gasteiger partial charge in [0.05, 0.1) is 10.5 Å². The number of nitro benzene ring substituents is 1. The summed E-state index contributed by atoms with van der Waals surface area (Å²) in [4.78, 5) is 39.1. The second kappa shape index (κ2) is 11.0. The molecule has 0 radical (unpaired) electrons. The van der Waals surface area contributed by atoms with Crippen LogP contribution in [0.4, 0.5) is 17.1 Å². The highest BCUT2D eigenvalue weighted by molar-refractivity contribution is 6.06. The average Bonchev–Trinajstić information content (AvgIpc) is 2.88. The first kappa shape index (κ1) is 24.9. The number of nitro groups is 1. The van der Waals surface area contributed by atoms with Gasteiger partial charge in [-0.15, -0.1) is 0 Å². The number of amides is 2. The van der Waals surface area contributed by atoms with Gasteiger partial charge >= 0.3 is 0 Å². The number of carbonyl (C=O) groups is 2. The van der Waals surface area contributed by atoms with E-state index in [4.69, 9.17) is 0 Å². The molecule has 1 aliphatic rings. The summed E-state index contributed by atoms with van der Waals surface area (Å²) < 4.78 is 0. The zero-order valence-corrected chi connectivity index (χ0v) is 20.5. The summed E-state index contributed by atoms with van der Waals surface area (Å²) in [5, 5.41) is 17.1. The molecule has 0 atom stereocenters. The van der Waals surface area contributed by atoms with Crippen molar-refractivity contribution in [1.82, 2.24) is 5.32 Å². The van der Waals surface area contributed by atoms with Crippen LogP contribution >= 0.6 is 0 Å². The van der Waals surface area contributed by atoms with Crippen LogP contribution in [-0.2, 0) is 6.54 Å². The van der Waals surface area contributed by atoms with Gasteiger partial charge in [-0.3, -0.25) is 19.7 Å². The molecule has 2 amide bonds. The molecule has 3 aromatic rings. The quantitative estimate of drug-likeness (QED) is 0.347. The van der Waals surface area contributed by atoms with Crippen LogP contribution in [0.2, 0.25) is 0 Å². The van der Waals surface area contributed by atoms with E-state index in [0.717, 1.165) is 37.2 Å². The first-order chi connectivity index (χ1) is 17.3. The van der Waals surface area contributed by atoms with Crippen LogP contribution in [0.3, 0.4) is 0 Å². The van der Waals surface area contributed by atoms with E-state index in [1.165, 1.54) is 6.07 Å². The second-order valence-electron chi connectivity index (χ2n) is 9.28. The Morgan fingerprint density at radius 2 is 1.72 bits per heavy atom. The Morgan fingerprint density at radius 3 is 2.42 bits per heavy atom. The fourth-order valence-electron chi connectivity index (χ4n) is 4.34. The summed E-state index contributed by atoms with van der Waals surface area (Å²) >= 11 is 0. The predicted molar refractivity (Wildman–Crippen MR) is 140 cm³/mol. The largest absolute Gasteiger partial charge is 0.371 e. The van der Waals surface area contributed by atoms with Crippen LogP contribution in [0.25, 0.3) is 0 Å². The maximum Gasteiger partial charge on any atom is 0.273 e. The molecule has 1 fully saturated rings. The van der Waals surface area contributed by atoms with E-state index in [-0.39, 0.29) is 17.2 Å². The first-order valence-electron chi connectivity index (χ1n) is 12.1. The Kier molecular flexibility index (Phi) is 7.63. The van der Waals surface area contributed by atoms with Crippen LogP contribution in [0, 0.1) is 23.0 Å². The maximum absolute atomic E-state index is 13.3. The molecule has 0 aromatic heterocycles. The van der Waals surface area contributed by atoms with Gasteiger partial charge in [-0.05, 0) is 55.5 Å². The molecule has 1 saturated heterocycles. The van der Waals surface area contributed by atoms with Crippen molar-refractivity contribution in [1.29, 1.82) is 0 Å². The number of hydrogen-bond donors (Lipinski definition) is 2. The molecule has 8 heteroatoms. The van der Waals surface area contributed by atoms with Gasteiger partial charge in [-0.1, -0.05) is 43.3 Å². The molecule has 0 aliphatic carbocycles. The topological polar surface area (TPSA) is 105 Å². The van der Waals surface area contributed by atoms with Crippen molar-refractivity contribution in [3.8, 4) is 0 Å². The summed E-state index contributed by atoms with van der Waals surface area (Å²) in [6, 6.07) is 19.3. The van der Waals surface area contributed by atoms with Gasteiger partial charge in [-0.2, -0.15) is 0 Å². The number of nitrogens with zero attached hydrogens (tertiary/aromatic N) is 2. The van der Waals surface area contributed by atoms with Gasteiger partial charge in [0.2, 0.25) is 0 Å². The highest BCUT2D eigenvalue weighted by Crippen LogP contribution is 2.29. The summed E-state index contributed by atoms with van der Waals surface area (Å²) in [5.74, 6) is -0.0587. The van der Waals surface area contributed by atoms with Crippen LogP contribution in [-0.4, -0.2) is 29.8 Å². The molecule has 186 valence electrons. The van der Waals surface area contributed by atoms with Crippen LogP contribution in [0.1, 0.15) is 51.6 Å². The van der Waals surface area contributed by atoms with Crippen LogP contribution < -0.4 is 15.5 Å². The number of nitrogens with one attached hydrogen (secondary N) is 2. The molecule has 0 unspecified atom stereocenters. The highest BCUT2D eigenvalue weighted by atomic mass is 16.6. The van der Waals surface area contributed by atoms with Crippen molar-refractivity contribution in [3.63, 3.8) is 0 Å². The van der Waals surface area contributed by atoms with Crippen molar-refractivity contribution in [3.05, 3.63) is 99.1 Å². The third-order valence-corrected chi connectivity index (χ3v) is 6.59. The van der Waals surface area contributed by atoms with Gasteiger partial charge in [0.15, 0.2) is 0 Å². The maximum atomic E-state index is 13.3. The number of carbonyl (C=O) groups excluding carboxylic acids is 2. The van der Waals surface area contributed by atoms with Crippen molar-refractivity contribution in [2.75, 3.05) is 23.3 Å². The fourth-order valence-corrected chi connectivity index (χ4v) is 4.34. The SMILES string of the molecule is Cc1ccc(C(=O)Nc2ccc(N3CCC(C)CC3)c(C(=O)NCc3ccccc3)c2)cc1[N+](=O)[O-]. The van der Waals surface area contributed by atoms with E-state index in [1.807, 2.05) is 36.4 Å². The number of benzene rings is 3. The van der Waals surface area contributed by atoms with E-state index < -0.39 is 10.8 Å². The first-order valence-corrected chi connectivity index (χ1v) is 12.1. The fraction of sp³-hybridized carbons (Fsp3) is 0.286. The Morgan fingerprint density at radius 1 is 1.00 bits per heavy atom. The van der Waals surface area contributed by atoms with Gasteiger partial charge in [0, 0.05) is 48.2 Å². The number of piperidine rings is 1. The molecule has 2 N–H and O–H groups in total. The lowest BCUT2D eigenvalue weighted by Gasteiger charge is -2.33. The standard InChI is InChI=1S/C28H30N4O4/c1-19-12-14-31(15-13-19)25-11-10-23(17-24(25)28(34)29-18-21-6-4-3-5-7-21)30-27(33)22-9-8-20(2)26(16-22)32(35)36/h3-11,16-17,19H,12-15,18H2,1-2H3,(H,29,34)(H,30,33). The van der Waals surface area contributed by atoms with Crippen molar-refractivity contribution in [2.45, 2.75) is 33.2 Å². The number of anilines is 2. The monoisotopic (exact) mass is 486 g/mol. The summed E-state index contributed by atoms with van der Waals surface area (Å²) in [5.41, 5.74) is 3.29. The lowest BCUT2D eigenvalue weighted by atomic mass is 9.97. The summed E-state index contributed by atoms with van der Waals surface area (Å²) in [6.45, 7) is 5.97. The van der Waals surface area contributed by atoms with Crippen LogP contribution in [0.15, 0.2) is 66.7 Å². The lowest BCUT2D eigenvalue weighted by Crippen LogP contribution is -2.35. The molecule has 1 aliphatic heterocycles. The predicted octanol–water partition coefficient (Wildman–Crippen LogP) is 5.32. The van der Waals surface area contributed by atoms with E-state index in [9.17, 15) is 19.7 Å². The Hall–Kier alpha value is -4.20. The van der Waals surface area contributed by atoms with Crippen molar-refractivity contribution in [2.24, 2.45) is 5.92 Å². The molecule has 36 heavy (non-hydrogen) atoms. The van der Waals surface area contributed by atoms with Gasteiger partial charge in [0.25, 0.3) is 17.5 Å². The van der Waals surface area contributed by atoms with E-state index >= 15 is 0 Å². The third-order valence-electron chi connectivity index (χ3n) is 6.59. The number of rotatable bonds is 7. The van der Waals surface area contributed by atoms with Gasteiger partial charge in [-0.25, -0.2) is 0 Å². The third kappa shape index (κ3) is 5.89. The van der Waals surface area contributed by atoms with E-state index in [2.05, 4.69) is 22.5 Å². The minimum atomic E-state index is -0.504. The smallest absolute Gasteiger partial charge is 0.273 e. The molecule has 0 bridgehead atoms. The molecule has 0 saturated carbocycles. The van der Waals surface area contributed by atoms with Crippen molar-refractivity contribution < 1.29 is 14.5 Å². The Balaban J connectivity index is 1.58. The minimum absolute atomic E-state index is 0.113. The minimum Gasteiger partial charge on any atom is -0.371 e. The molecule has 4 rings (SSSR count). The lowest BCUT2D eigenvalue weighted by molar-refractivity contribution is -0.385. The van der Waals surface area contributed by atoms with Crippen molar-refractivity contribution >= 4 is 28.9 Å². The zero-order chi connectivity index (χ0) is 25.7. The van der Waals surface area contributed by atoms with Crippen LogP contribution in [0.5, 0.6) is 0 Å². The molecule has 0 spiro atoms. The molecule has 8 nitrogen and oxygen atoms in total. The molecular formula is C28H30N4O4. The highest BCUT2D eigenvalue weighted by Gasteiger charge is 2.22. The molecule has 3 aromatic carbocycles. The average molecular weight is 487 g/mol. The Bertz CT molecular complexity index is 1270. The van der Waals surface area contributed by atoms with Gasteiger partial charge in [0.1, 0.15) is 0 Å². The normalized spacial score (nSPS) is 13.8. The summed E-state index contributed by atoms with van der Waals surface area (Å²) in [7, 11) is 0. The zero-order valence-electron chi connectivity index (χ0n) is 20.5. The van der Waals surface area contributed by atoms with E-state index in [1.54, 1.807) is 31.2 Å². The Labute approximate surface area is 210 Å². The van der Waals surface area contributed by atoms with E-state index in [0.29, 0.717) is 29.3 Å². The van der Waals surface area contributed by atoms with Gasteiger partial charge < -0.3 is 15.5 Å². The molecule has 1 heterocycles. The number of hydrogen-bond acceptors (Lipinski definition) is 5. The molecular weight excluding hydrogens is 456 g/mol. The second-order valence-corrected chi connectivity index (χ2v) is 9.28.